The van der Waals surface area contributed by atoms with Crippen LogP contribution in [-0.2, 0) is 12.6 Å². The lowest BCUT2D eigenvalue weighted by Crippen LogP contribution is -2.12. The van der Waals surface area contributed by atoms with Gasteiger partial charge in [0.1, 0.15) is 5.69 Å². The summed E-state index contributed by atoms with van der Waals surface area (Å²) in [5, 5.41) is 9.63. The fraction of sp³-hybridized carbons (Fsp3) is 0.455. The van der Waals surface area contributed by atoms with Crippen LogP contribution in [0.25, 0.3) is 0 Å². The van der Waals surface area contributed by atoms with Gasteiger partial charge in [0.05, 0.1) is 5.01 Å². The maximum atomic E-state index is 12.4. The first-order chi connectivity index (χ1) is 9.75. The zero-order valence-corrected chi connectivity index (χ0v) is 12.7. The van der Waals surface area contributed by atoms with Gasteiger partial charge in [-0.1, -0.05) is 25.2 Å². The van der Waals surface area contributed by atoms with Crippen LogP contribution in [0.4, 0.5) is 18.3 Å². The molecule has 2 rings (SSSR count). The van der Waals surface area contributed by atoms with Crippen molar-refractivity contribution >= 4 is 33.7 Å². The van der Waals surface area contributed by atoms with Gasteiger partial charge in [0.15, 0.2) is 0 Å². The number of hydrogen-bond donors (Lipinski definition) is 1. The standard InChI is InChI=1S/C11H11F3N4OS2/c1-5(2)3-7-15-6(4-20-7)8(19)16-10-18-17-9(21-10)11(12,13)14/h4-5H,3H2,1-2H3,(H,16,18,19). The van der Waals surface area contributed by atoms with Crippen LogP contribution in [0.5, 0.6) is 0 Å². The highest BCUT2D eigenvalue weighted by molar-refractivity contribution is 7.15. The Bertz CT molecular complexity index is 635. The Hall–Kier alpha value is -1.55. The number of thiazole rings is 1. The third kappa shape index (κ3) is 4.21. The highest BCUT2D eigenvalue weighted by Gasteiger charge is 2.35. The number of carbonyl (C=O) groups excluding carboxylic acids is 1. The van der Waals surface area contributed by atoms with E-state index in [4.69, 9.17) is 0 Å². The van der Waals surface area contributed by atoms with Crippen LogP contribution in [-0.4, -0.2) is 21.1 Å². The lowest BCUT2D eigenvalue weighted by atomic mass is 10.1. The lowest BCUT2D eigenvalue weighted by Gasteiger charge is -1.99. The summed E-state index contributed by atoms with van der Waals surface area (Å²) in [5.41, 5.74) is 0.166. The van der Waals surface area contributed by atoms with E-state index in [9.17, 15) is 18.0 Å². The quantitative estimate of drug-likeness (QED) is 0.928. The molecule has 0 aliphatic heterocycles. The third-order valence-electron chi connectivity index (χ3n) is 2.26. The SMILES string of the molecule is CC(C)Cc1nc(C(=O)Nc2nnc(C(F)(F)F)s2)cs1. The zero-order chi connectivity index (χ0) is 15.6. The first kappa shape index (κ1) is 15.8. The van der Waals surface area contributed by atoms with E-state index in [1.807, 2.05) is 13.8 Å². The second kappa shape index (κ2) is 6.06. The Kier molecular flexibility index (Phi) is 4.57. The van der Waals surface area contributed by atoms with Crippen molar-refractivity contribution in [1.82, 2.24) is 15.2 Å². The maximum Gasteiger partial charge on any atom is 0.445 e. The number of halogens is 3. The zero-order valence-electron chi connectivity index (χ0n) is 11.1. The number of hydrogen-bond acceptors (Lipinski definition) is 6. The van der Waals surface area contributed by atoms with Gasteiger partial charge in [0.25, 0.3) is 5.91 Å². The first-order valence-electron chi connectivity index (χ1n) is 5.92. The lowest BCUT2D eigenvalue weighted by molar-refractivity contribution is -0.138. The van der Waals surface area contributed by atoms with Crippen molar-refractivity contribution in [3.8, 4) is 0 Å². The Morgan fingerprint density at radius 2 is 2.10 bits per heavy atom. The van der Waals surface area contributed by atoms with Crippen LogP contribution in [0.1, 0.15) is 34.4 Å². The predicted octanol–water partition coefficient (Wildman–Crippen LogP) is 3.46. The molecule has 1 N–H and O–H groups in total. The topological polar surface area (TPSA) is 67.8 Å². The molecule has 0 aromatic carbocycles. The van der Waals surface area contributed by atoms with Crippen molar-refractivity contribution in [3.05, 3.63) is 21.1 Å². The van der Waals surface area contributed by atoms with E-state index in [1.54, 1.807) is 5.38 Å². The minimum atomic E-state index is -4.56. The monoisotopic (exact) mass is 336 g/mol. The molecule has 0 atom stereocenters. The summed E-state index contributed by atoms with van der Waals surface area (Å²) in [6, 6.07) is 0. The molecular weight excluding hydrogens is 325 g/mol. The average molecular weight is 336 g/mol. The molecule has 0 spiro atoms. The number of nitrogens with one attached hydrogen (secondary N) is 1. The Morgan fingerprint density at radius 3 is 2.67 bits per heavy atom. The number of amides is 1. The van der Waals surface area contributed by atoms with Crippen molar-refractivity contribution < 1.29 is 18.0 Å². The highest BCUT2D eigenvalue weighted by atomic mass is 32.1. The maximum absolute atomic E-state index is 12.4. The molecule has 2 aromatic rings. The van der Waals surface area contributed by atoms with E-state index >= 15 is 0 Å². The largest absolute Gasteiger partial charge is 0.445 e. The van der Waals surface area contributed by atoms with Crippen LogP contribution in [0.3, 0.4) is 0 Å². The van der Waals surface area contributed by atoms with Gasteiger partial charge in [0.2, 0.25) is 10.1 Å². The Labute approximate surface area is 126 Å². The van der Waals surface area contributed by atoms with Gasteiger partial charge in [0, 0.05) is 11.8 Å². The van der Waals surface area contributed by atoms with Gasteiger partial charge in [-0.3, -0.25) is 10.1 Å². The Morgan fingerprint density at radius 1 is 1.38 bits per heavy atom. The molecule has 10 heteroatoms. The molecule has 2 aromatic heterocycles. The van der Waals surface area contributed by atoms with Crippen molar-refractivity contribution in [2.45, 2.75) is 26.4 Å². The van der Waals surface area contributed by atoms with E-state index in [1.165, 1.54) is 11.3 Å². The smallest absolute Gasteiger partial charge is 0.295 e. The highest BCUT2D eigenvalue weighted by Crippen LogP contribution is 2.33. The number of anilines is 1. The molecule has 0 fully saturated rings. The normalized spacial score (nSPS) is 11.9. The van der Waals surface area contributed by atoms with Crippen LogP contribution in [0, 0.1) is 5.92 Å². The van der Waals surface area contributed by atoms with Gasteiger partial charge in [-0.15, -0.1) is 21.5 Å². The molecule has 0 radical (unpaired) electrons. The third-order valence-corrected chi connectivity index (χ3v) is 4.01. The molecule has 0 saturated carbocycles. The molecule has 0 saturated heterocycles. The van der Waals surface area contributed by atoms with Crippen molar-refractivity contribution in [1.29, 1.82) is 0 Å². The van der Waals surface area contributed by atoms with Crippen LogP contribution in [0.2, 0.25) is 0 Å². The number of alkyl halides is 3. The van der Waals surface area contributed by atoms with E-state index in [0.29, 0.717) is 5.92 Å². The van der Waals surface area contributed by atoms with Crippen molar-refractivity contribution in [3.63, 3.8) is 0 Å². The number of rotatable bonds is 4. The number of nitrogens with zero attached hydrogens (tertiary/aromatic N) is 3. The minimum absolute atomic E-state index is 0.166. The molecule has 0 aliphatic carbocycles. The van der Waals surface area contributed by atoms with Crippen LogP contribution in [0.15, 0.2) is 5.38 Å². The van der Waals surface area contributed by atoms with E-state index < -0.39 is 17.1 Å². The fourth-order valence-corrected chi connectivity index (χ4v) is 3.00. The molecule has 0 bridgehead atoms. The van der Waals surface area contributed by atoms with E-state index in [2.05, 4.69) is 20.5 Å². The Balaban J connectivity index is 2.04. The van der Waals surface area contributed by atoms with Crippen molar-refractivity contribution in [2.75, 3.05) is 5.32 Å². The van der Waals surface area contributed by atoms with E-state index in [0.717, 1.165) is 11.4 Å². The summed E-state index contributed by atoms with van der Waals surface area (Å²) in [7, 11) is 0. The first-order valence-corrected chi connectivity index (χ1v) is 7.61. The summed E-state index contributed by atoms with van der Waals surface area (Å²) in [6.45, 7) is 4.06. The molecular formula is C11H11F3N4OS2. The summed E-state index contributed by atoms with van der Waals surface area (Å²) in [4.78, 5) is 16.0. The summed E-state index contributed by atoms with van der Waals surface area (Å²) in [5.74, 6) is -0.185. The van der Waals surface area contributed by atoms with Gasteiger partial charge >= 0.3 is 6.18 Å². The summed E-state index contributed by atoms with van der Waals surface area (Å²) < 4.78 is 37.1. The molecule has 0 aliphatic rings. The second-order valence-corrected chi connectivity index (χ2v) is 6.51. The fourth-order valence-electron chi connectivity index (χ4n) is 1.41. The average Bonchev–Trinajstić information content (AvgIpc) is 2.96. The van der Waals surface area contributed by atoms with Crippen LogP contribution < -0.4 is 5.32 Å². The molecule has 21 heavy (non-hydrogen) atoms. The molecule has 2 heterocycles. The molecule has 5 nitrogen and oxygen atoms in total. The van der Waals surface area contributed by atoms with E-state index in [-0.39, 0.29) is 22.2 Å². The molecule has 114 valence electrons. The van der Waals surface area contributed by atoms with Gasteiger partial charge < -0.3 is 0 Å². The van der Waals surface area contributed by atoms with Gasteiger partial charge in [-0.25, -0.2) is 4.98 Å². The molecule has 0 unspecified atom stereocenters. The number of aromatic nitrogens is 3. The second-order valence-electron chi connectivity index (χ2n) is 4.59. The van der Waals surface area contributed by atoms with Crippen LogP contribution >= 0.6 is 22.7 Å². The van der Waals surface area contributed by atoms with Gasteiger partial charge in [-0.2, -0.15) is 13.2 Å². The van der Waals surface area contributed by atoms with Crippen molar-refractivity contribution in [2.24, 2.45) is 5.92 Å². The minimum Gasteiger partial charge on any atom is -0.295 e. The van der Waals surface area contributed by atoms with Gasteiger partial charge in [-0.05, 0) is 5.92 Å². The molecule has 1 amide bonds. The summed E-state index contributed by atoms with van der Waals surface area (Å²) >= 11 is 1.62. The number of carbonyl (C=O) groups is 1. The summed E-state index contributed by atoms with van der Waals surface area (Å²) in [6.07, 6.45) is -3.82. The predicted molar refractivity (Wildman–Crippen MR) is 73.5 cm³/mol.